The van der Waals surface area contributed by atoms with E-state index in [4.69, 9.17) is 4.42 Å². The first-order valence-corrected chi connectivity index (χ1v) is 10.8. The topological polar surface area (TPSA) is 59.2 Å². The van der Waals surface area contributed by atoms with Gasteiger partial charge in [-0.25, -0.2) is 4.39 Å². The number of halogens is 1. The lowest BCUT2D eigenvalue weighted by Gasteiger charge is -2.22. The maximum Gasteiger partial charge on any atom is 0.277 e. The van der Waals surface area contributed by atoms with Crippen LogP contribution in [0.15, 0.2) is 63.1 Å². The summed E-state index contributed by atoms with van der Waals surface area (Å²) < 4.78 is 19.4. The van der Waals surface area contributed by atoms with Crippen LogP contribution in [0.2, 0.25) is 0 Å². The van der Waals surface area contributed by atoms with Gasteiger partial charge in [-0.15, -0.1) is 22.0 Å². The maximum absolute atomic E-state index is 13.9. The molecule has 0 aliphatic carbocycles. The zero-order valence-corrected chi connectivity index (χ0v) is 16.8. The minimum Gasteiger partial charge on any atom is -0.411 e. The van der Waals surface area contributed by atoms with Gasteiger partial charge in [-0.1, -0.05) is 43.0 Å². The Morgan fingerprint density at radius 1 is 1.25 bits per heavy atom. The van der Waals surface area contributed by atoms with Gasteiger partial charge in [-0.2, -0.15) is 0 Å². The number of nitrogens with zero attached hydrogens (tertiary/aromatic N) is 3. The average Bonchev–Trinajstić information content (AvgIpc) is 3.09. The van der Waals surface area contributed by atoms with Crippen molar-refractivity contribution in [3.05, 3.63) is 54.3 Å². The molecular weight excluding hydrogens is 397 g/mol. The third-order valence-electron chi connectivity index (χ3n) is 4.37. The molecule has 1 aliphatic heterocycles. The van der Waals surface area contributed by atoms with Gasteiger partial charge in [0.15, 0.2) is 0 Å². The van der Waals surface area contributed by atoms with Gasteiger partial charge in [0.1, 0.15) is 5.82 Å². The van der Waals surface area contributed by atoms with E-state index >= 15 is 0 Å². The summed E-state index contributed by atoms with van der Waals surface area (Å²) in [6.07, 6.45) is 0.924. The third kappa shape index (κ3) is 4.07. The van der Waals surface area contributed by atoms with Gasteiger partial charge >= 0.3 is 0 Å². The number of anilines is 1. The molecule has 0 saturated heterocycles. The molecule has 0 N–H and O–H groups in total. The summed E-state index contributed by atoms with van der Waals surface area (Å²) in [5, 5.41) is 8.52. The molecule has 1 amide bonds. The summed E-state index contributed by atoms with van der Waals surface area (Å²) in [5.41, 5.74) is 1.20. The first-order valence-electron chi connectivity index (χ1n) is 8.89. The Kier molecular flexibility index (Phi) is 5.68. The van der Waals surface area contributed by atoms with Crippen LogP contribution in [0.4, 0.5) is 10.1 Å². The fraction of sp³-hybridized carbons (Fsp3) is 0.250. The van der Waals surface area contributed by atoms with Gasteiger partial charge < -0.3 is 9.32 Å². The molecule has 3 aromatic rings. The Bertz CT molecular complexity index is 995. The van der Waals surface area contributed by atoms with Crippen LogP contribution in [0.5, 0.6) is 0 Å². The average molecular weight is 416 g/mol. The van der Waals surface area contributed by atoms with Crippen LogP contribution >= 0.6 is 23.5 Å². The molecule has 8 heteroatoms. The maximum atomic E-state index is 13.9. The summed E-state index contributed by atoms with van der Waals surface area (Å²) >= 11 is 2.96. The predicted octanol–water partition coefficient (Wildman–Crippen LogP) is 4.89. The number of fused-ring (bicyclic) bond motifs is 1. The molecule has 5 nitrogen and oxygen atoms in total. The highest BCUT2D eigenvalue weighted by Crippen LogP contribution is 2.37. The van der Waals surface area contributed by atoms with Crippen molar-refractivity contribution in [1.29, 1.82) is 0 Å². The highest BCUT2D eigenvalue weighted by Gasteiger charge is 2.24. The Morgan fingerprint density at radius 3 is 2.89 bits per heavy atom. The lowest BCUT2D eigenvalue weighted by molar-refractivity contribution is -0.116. The normalized spacial score (nSPS) is 16.5. The number of thioether (sulfide) groups is 2. The molecule has 0 unspecified atom stereocenters. The van der Waals surface area contributed by atoms with Crippen LogP contribution in [0, 0.1) is 5.82 Å². The van der Waals surface area contributed by atoms with E-state index in [0.29, 0.717) is 11.8 Å². The van der Waals surface area contributed by atoms with E-state index in [1.165, 1.54) is 17.8 Å². The van der Waals surface area contributed by atoms with Crippen LogP contribution in [-0.2, 0) is 4.79 Å². The van der Waals surface area contributed by atoms with Gasteiger partial charge in [0.25, 0.3) is 11.1 Å². The van der Waals surface area contributed by atoms with E-state index < -0.39 is 5.82 Å². The summed E-state index contributed by atoms with van der Waals surface area (Å²) in [6.45, 7) is 2.85. The first-order chi connectivity index (χ1) is 13.6. The molecule has 1 atom stereocenters. The Labute approximate surface area is 170 Å². The van der Waals surface area contributed by atoms with E-state index in [1.807, 2.05) is 29.2 Å². The zero-order chi connectivity index (χ0) is 19.5. The second-order valence-corrected chi connectivity index (χ2v) is 8.78. The quantitative estimate of drug-likeness (QED) is 0.566. The molecule has 0 bridgehead atoms. The van der Waals surface area contributed by atoms with Crippen LogP contribution in [-0.4, -0.2) is 33.7 Å². The molecule has 2 heterocycles. The molecule has 4 rings (SSSR count). The highest BCUT2D eigenvalue weighted by atomic mass is 32.2. The third-order valence-corrected chi connectivity index (χ3v) is 6.41. The molecule has 28 heavy (non-hydrogen) atoms. The largest absolute Gasteiger partial charge is 0.411 e. The molecule has 0 saturated carbocycles. The van der Waals surface area contributed by atoms with Gasteiger partial charge in [-0.3, -0.25) is 4.79 Å². The van der Waals surface area contributed by atoms with Crippen molar-refractivity contribution >= 4 is 35.1 Å². The van der Waals surface area contributed by atoms with Crippen molar-refractivity contribution in [1.82, 2.24) is 10.2 Å². The number of amides is 1. The Balaban J connectivity index is 1.46. The standard InChI is InChI=1S/C20H18FN3O2S2/c1-13-10-11-24(16-8-4-5-9-17(16)28-13)18(25)12-27-20-23-22-19(26-20)14-6-2-3-7-15(14)21/h2-9,13H,10-12H2,1H3/t13-/m0/s1. The van der Waals surface area contributed by atoms with E-state index in [0.717, 1.165) is 17.0 Å². The number of rotatable bonds is 4. The highest BCUT2D eigenvalue weighted by molar-refractivity contribution is 8.00. The molecule has 0 spiro atoms. The van der Waals surface area contributed by atoms with Crippen molar-refractivity contribution in [3.63, 3.8) is 0 Å². The van der Waals surface area contributed by atoms with Crippen LogP contribution in [0.3, 0.4) is 0 Å². The minimum atomic E-state index is -0.424. The number of benzene rings is 2. The number of aromatic nitrogens is 2. The number of carbonyl (C=O) groups excluding carboxylic acids is 1. The van der Waals surface area contributed by atoms with Gasteiger partial charge in [-0.05, 0) is 30.7 Å². The molecule has 0 radical (unpaired) electrons. The summed E-state index contributed by atoms with van der Waals surface area (Å²) in [6, 6.07) is 14.2. The van der Waals surface area contributed by atoms with Crippen molar-refractivity contribution < 1.29 is 13.6 Å². The lowest BCUT2D eigenvalue weighted by Crippen LogP contribution is -2.33. The summed E-state index contributed by atoms with van der Waals surface area (Å²) in [7, 11) is 0. The smallest absolute Gasteiger partial charge is 0.277 e. The number of para-hydroxylation sites is 1. The monoisotopic (exact) mass is 415 g/mol. The van der Waals surface area contributed by atoms with Crippen molar-refractivity contribution in [2.24, 2.45) is 0 Å². The molecule has 2 aromatic carbocycles. The van der Waals surface area contributed by atoms with E-state index in [-0.39, 0.29) is 28.3 Å². The van der Waals surface area contributed by atoms with Crippen LogP contribution < -0.4 is 4.90 Å². The minimum absolute atomic E-state index is 0.0159. The number of carbonyl (C=O) groups is 1. The summed E-state index contributed by atoms with van der Waals surface area (Å²) in [4.78, 5) is 15.8. The van der Waals surface area contributed by atoms with E-state index in [1.54, 1.807) is 30.0 Å². The SMILES string of the molecule is C[C@H]1CCN(C(=O)CSc2nnc(-c3ccccc3F)o2)c2ccccc2S1. The molecule has 1 aliphatic rings. The van der Waals surface area contributed by atoms with Gasteiger partial charge in [0.05, 0.1) is 17.0 Å². The molecule has 144 valence electrons. The van der Waals surface area contributed by atoms with Gasteiger partial charge in [0, 0.05) is 16.7 Å². The van der Waals surface area contributed by atoms with Crippen LogP contribution in [0.25, 0.3) is 11.5 Å². The number of hydrogen-bond donors (Lipinski definition) is 0. The van der Waals surface area contributed by atoms with Crippen molar-refractivity contribution in [3.8, 4) is 11.5 Å². The predicted molar refractivity (Wildman–Crippen MR) is 109 cm³/mol. The second-order valence-electron chi connectivity index (χ2n) is 6.37. The first kappa shape index (κ1) is 19.0. The van der Waals surface area contributed by atoms with Crippen molar-refractivity contribution in [2.45, 2.75) is 28.7 Å². The van der Waals surface area contributed by atoms with E-state index in [9.17, 15) is 9.18 Å². The van der Waals surface area contributed by atoms with E-state index in [2.05, 4.69) is 17.1 Å². The molecule has 0 fully saturated rings. The molecule has 1 aromatic heterocycles. The molecular formula is C20H18FN3O2S2. The number of hydrogen-bond acceptors (Lipinski definition) is 6. The Morgan fingerprint density at radius 2 is 2.04 bits per heavy atom. The lowest BCUT2D eigenvalue weighted by atomic mass is 10.2. The fourth-order valence-corrected chi connectivity index (χ4v) is 4.71. The van der Waals surface area contributed by atoms with Crippen LogP contribution in [0.1, 0.15) is 13.3 Å². The van der Waals surface area contributed by atoms with Gasteiger partial charge in [0.2, 0.25) is 5.91 Å². The Hall–Kier alpha value is -2.32. The summed E-state index contributed by atoms with van der Waals surface area (Å²) in [5.74, 6) is -0.158. The second kappa shape index (κ2) is 8.36. The zero-order valence-electron chi connectivity index (χ0n) is 15.2. The van der Waals surface area contributed by atoms with Crippen molar-refractivity contribution in [2.75, 3.05) is 17.2 Å². The fourth-order valence-electron chi connectivity index (χ4n) is 2.96.